The first-order valence-corrected chi connectivity index (χ1v) is 14.7. The van der Waals surface area contributed by atoms with Crippen molar-refractivity contribution in [2.24, 2.45) is 33.7 Å². The van der Waals surface area contributed by atoms with Gasteiger partial charge in [-0.25, -0.2) is 4.39 Å². The minimum Gasteiger partial charge on any atom is -0.350 e. The molecule has 3 aliphatic rings. The lowest BCUT2D eigenvalue weighted by atomic mass is 9.72. The fourth-order valence-electron chi connectivity index (χ4n) is 6.66. The minimum absolute atomic E-state index is 0.0195. The molecule has 0 radical (unpaired) electrons. The maximum atomic E-state index is 14.5. The Bertz CT molecular complexity index is 810. The van der Waals surface area contributed by atoms with E-state index in [9.17, 15) is 14.0 Å². The molecule has 3 heterocycles. The van der Waals surface area contributed by atoms with E-state index in [0.29, 0.717) is 25.9 Å². The van der Waals surface area contributed by atoms with Crippen LogP contribution in [0.2, 0.25) is 0 Å². The second-order valence-corrected chi connectivity index (χ2v) is 12.4. The number of nitrogens with two attached hydrogens (primary N) is 2. The fraction of sp³-hybridized carbons (Fsp3) is 0.893. The summed E-state index contributed by atoms with van der Waals surface area (Å²) in [4.78, 5) is 35.1. The van der Waals surface area contributed by atoms with Crippen molar-refractivity contribution in [3.05, 3.63) is 0 Å². The van der Waals surface area contributed by atoms with E-state index < -0.39 is 24.3 Å². The summed E-state index contributed by atoms with van der Waals surface area (Å²) < 4.78 is 14.5. The average Bonchev–Trinajstić information content (AvgIpc) is 2.88. The first-order chi connectivity index (χ1) is 18.0. The zero-order chi connectivity index (χ0) is 27.9. The Kier molecular flexibility index (Phi) is 11.5. The fourth-order valence-corrected chi connectivity index (χ4v) is 6.66. The van der Waals surface area contributed by atoms with E-state index >= 15 is 0 Å². The second-order valence-electron chi connectivity index (χ2n) is 12.4. The topological polar surface area (TPSA) is 129 Å². The number of aliphatic imine (C=N–C) groups is 1. The Morgan fingerprint density at radius 2 is 2.05 bits per heavy atom. The lowest BCUT2D eigenvalue weighted by molar-refractivity contribution is -0.135. The van der Waals surface area contributed by atoms with E-state index in [0.717, 1.165) is 58.0 Å². The number of alkyl halides is 1. The Labute approximate surface area is 228 Å². The molecule has 0 aromatic heterocycles. The van der Waals surface area contributed by atoms with E-state index in [2.05, 4.69) is 34.4 Å². The van der Waals surface area contributed by atoms with Crippen LogP contribution in [-0.4, -0.2) is 98.6 Å². The lowest BCUT2D eigenvalue weighted by Gasteiger charge is -2.45. The van der Waals surface area contributed by atoms with E-state index in [1.807, 2.05) is 0 Å². The van der Waals surface area contributed by atoms with Crippen molar-refractivity contribution < 1.29 is 14.0 Å². The quantitative estimate of drug-likeness (QED) is 0.331. The zero-order valence-electron chi connectivity index (χ0n) is 24.0. The highest BCUT2D eigenvalue weighted by Crippen LogP contribution is 2.39. The second kappa shape index (κ2) is 14.1. The molecule has 6 unspecified atom stereocenters. The molecule has 10 heteroatoms. The van der Waals surface area contributed by atoms with Gasteiger partial charge in [-0.15, -0.1) is 0 Å². The van der Waals surface area contributed by atoms with E-state index in [1.54, 1.807) is 19.0 Å². The molecule has 2 amide bonds. The molecule has 3 aliphatic heterocycles. The Balaban J connectivity index is 1.76. The number of rotatable bonds is 9. The van der Waals surface area contributed by atoms with Gasteiger partial charge >= 0.3 is 0 Å². The molecule has 3 rings (SSSR count). The monoisotopic (exact) mass is 537 g/mol. The van der Waals surface area contributed by atoms with Gasteiger partial charge in [-0.2, -0.15) is 0 Å². The number of hydrogen-bond acceptors (Lipinski definition) is 7. The maximum absolute atomic E-state index is 14.5. The first-order valence-electron chi connectivity index (χ1n) is 14.7. The van der Waals surface area contributed by atoms with Crippen molar-refractivity contribution in [3.63, 3.8) is 0 Å². The van der Waals surface area contributed by atoms with E-state index in [-0.39, 0.29) is 35.2 Å². The van der Waals surface area contributed by atoms with Crippen LogP contribution >= 0.6 is 0 Å². The molecule has 7 atom stereocenters. The van der Waals surface area contributed by atoms with E-state index in [4.69, 9.17) is 11.5 Å². The average molecular weight is 538 g/mol. The van der Waals surface area contributed by atoms with Gasteiger partial charge in [-0.3, -0.25) is 19.5 Å². The van der Waals surface area contributed by atoms with E-state index in [1.165, 1.54) is 6.21 Å². The molecular weight excluding hydrogens is 485 g/mol. The van der Waals surface area contributed by atoms with Crippen LogP contribution in [0.1, 0.15) is 71.6 Å². The molecule has 0 aromatic carbocycles. The molecule has 6 N–H and O–H groups in total. The van der Waals surface area contributed by atoms with Crippen LogP contribution in [0.3, 0.4) is 0 Å². The van der Waals surface area contributed by atoms with Gasteiger partial charge < -0.3 is 27.0 Å². The summed E-state index contributed by atoms with van der Waals surface area (Å²) in [5.74, 6) is -0.816. The predicted molar refractivity (Wildman–Crippen MR) is 151 cm³/mol. The van der Waals surface area contributed by atoms with Gasteiger partial charge in [0.15, 0.2) is 0 Å². The molecule has 0 bridgehead atoms. The van der Waals surface area contributed by atoms with Crippen molar-refractivity contribution in [1.29, 1.82) is 0 Å². The highest BCUT2D eigenvalue weighted by atomic mass is 19.1. The molecule has 0 aromatic rings. The molecule has 9 nitrogen and oxygen atoms in total. The predicted octanol–water partition coefficient (Wildman–Crippen LogP) is 1.65. The number of nitrogens with one attached hydrogen (secondary N) is 2. The van der Waals surface area contributed by atoms with Crippen molar-refractivity contribution in [2.45, 2.75) is 102 Å². The van der Waals surface area contributed by atoms with Crippen LogP contribution in [0.4, 0.5) is 4.39 Å². The smallest absolute Gasteiger partial charge is 0.228 e. The van der Waals surface area contributed by atoms with Gasteiger partial charge in [0.05, 0.1) is 30.1 Å². The summed E-state index contributed by atoms with van der Waals surface area (Å²) in [5, 5.41) is 6.67. The minimum atomic E-state index is -1.12. The summed E-state index contributed by atoms with van der Waals surface area (Å²) in [7, 11) is 3.61. The first kappa shape index (κ1) is 30.9. The Morgan fingerprint density at radius 3 is 2.74 bits per heavy atom. The van der Waals surface area contributed by atoms with Gasteiger partial charge in [-0.1, -0.05) is 26.7 Å². The van der Waals surface area contributed by atoms with Gasteiger partial charge in [0.1, 0.15) is 6.17 Å². The third kappa shape index (κ3) is 8.19. The number of piperidine rings is 2. The number of carbonyl (C=O) groups excluding carboxylic acids is 2. The molecule has 218 valence electrons. The molecule has 2 fully saturated rings. The van der Waals surface area contributed by atoms with Crippen molar-refractivity contribution in [1.82, 2.24) is 20.4 Å². The van der Waals surface area contributed by atoms with Crippen LogP contribution in [0.25, 0.3) is 0 Å². The third-order valence-corrected chi connectivity index (χ3v) is 8.92. The van der Waals surface area contributed by atoms with Gasteiger partial charge in [-0.05, 0) is 63.5 Å². The number of carbonyl (C=O) groups is 2. The third-order valence-electron chi connectivity index (χ3n) is 8.92. The zero-order valence-corrected chi connectivity index (χ0v) is 24.0. The normalized spacial score (nSPS) is 34.7. The molecule has 0 saturated carbocycles. The summed E-state index contributed by atoms with van der Waals surface area (Å²) in [6, 6.07) is -0.482. The highest BCUT2D eigenvalue weighted by molar-refractivity contribution is 5.81. The summed E-state index contributed by atoms with van der Waals surface area (Å²) >= 11 is 0. The highest BCUT2D eigenvalue weighted by Gasteiger charge is 2.41. The van der Waals surface area contributed by atoms with Gasteiger partial charge in [0, 0.05) is 39.4 Å². The van der Waals surface area contributed by atoms with Crippen LogP contribution in [0, 0.1) is 17.3 Å². The summed E-state index contributed by atoms with van der Waals surface area (Å²) in [6.07, 6.45) is 7.01. The lowest BCUT2D eigenvalue weighted by Crippen LogP contribution is -2.64. The molecular formula is C28H52FN7O2. The summed E-state index contributed by atoms with van der Waals surface area (Å²) in [6.45, 7) is 7.45. The number of unbranched alkanes of at least 4 members (excludes halogenated alkanes) is 1. The van der Waals surface area contributed by atoms with Crippen LogP contribution < -0.4 is 22.1 Å². The standard InChI is InChI=1S/C28H52FN7O2/c1-5-6-11-28(2)12-9-20(29)16-33-21(15-28)24(25(30)31)26(37)34-22-17-32-13-10-23(22)36-14-7-8-19(18-36)27(38)35(3)4/h16,19-25,32H,5-15,17-18,30-31H2,1-4H3,(H,34,37)/b33-16-/t19?,20?,21?,22?,23?,24?,28-/m1/s1. The molecule has 0 aliphatic carbocycles. The van der Waals surface area contributed by atoms with Gasteiger partial charge in [0.25, 0.3) is 0 Å². The summed E-state index contributed by atoms with van der Waals surface area (Å²) in [5.41, 5.74) is 12.3. The maximum Gasteiger partial charge on any atom is 0.228 e. The number of halogens is 1. The van der Waals surface area contributed by atoms with Crippen LogP contribution in [-0.2, 0) is 9.59 Å². The van der Waals surface area contributed by atoms with Crippen LogP contribution in [0.5, 0.6) is 0 Å². The van der Waals surface area contributed by atoms with Crippen LogP contribution in [0.15, 0.2) is 4.99 Å². The number of nitrogens with zero attached hydrogens (tertiary/aromatic N) is 3. The largest absolute Gasteiger partial charge is 0.350 e. The molecule has 2 saturated heterocycles. The van der Waals surface area contributed by atoms with Crippen molar-refractivity contribution in [2.75, 3.05) is 40.3 Å². The van der Waals surface area contributed by atoms with Gasteiger partial charge in [0.2, 0.25) is 11.8 Å². The van der Waals surface area contributed by atoms with Crippen molar-refractivity contribution >= 4 is 18.0 Å². The number of likely N-dealkylation sites (tertiary alicyclic amines) is 1. The SMILES string of the molecule is CCCC[C@]1(C)CCC(F)/C=N\C(C(C(=O)NC2CNCCC2N2CCCC(C(=O)N(C)C)C2)C(N)N)C1. The number of hydrogen-bond donors (Lipinski definition) is 4. The Hall–Kier alpha value is -1.62. The molecule has 0 spiro atoms. The Morgan fingerprint density at radius 1 is 1.29 bits per heavy atom. The van der Waals surface area contributed by atoms with Crippen molar-refractivity contribution in [3.8, 4) is 0 Å². The molecule has 38 heavy (non-hydrogen) atoms. The number of amides is 2.